The van der Waals surface area contributed by atoms with E-state index in [0.29, 0.717) is 19.1 Å². The molecule has 0 aromatic rings. The van der Waals surface area contributed by atoms with Gasteiger partial charge in [-0.1, -0.05) is 136 Å². The summed E-state index contributed by atoms with van der Waals surface area (Å²) in [5.74, 6) is 0.507. The van der Waals surface area contributed by atoms with Crippen molar-refractivity contribution in [2.24, 2.45) is 5.92 Å². The van der Waals surface area contributed by atoms with Gasteiger partial charge in [0, 0.05) is 0 Å². The Morgan fingerprint density at radius 1 is 0.567 bits per heavy atom. The van der Waals surface area contributed by atoms with Crippen LogP contribution in [0, 0.1) is 5.92 Å². The van der Waals surface area contributed by atoms with Crippen LogP contribution in [0.1, 0.15) is 149 Å². The Balaban J connectivity index is 3.24. The molecule has 182 valence electrons. The highest BCUT2D eigenvalue weighted by molar-refractivity contribution is 7.75. The summed E-state index contributed by atoms with van der Waals surface area (Å²) in [7, 11) is 0. The smallest absolute Gasteiger partial charge is 0.268 e. The molecule has 0 heterocycles. The van der Waals surface area contributed by atoms with E-state index < -0.39 is 11.4 Å². The lowest BCUT2D eigenvalue weighted by Gasteiger charge is -2.13. The van der Waals surface area contributed by atoms with Crippen LogP contribution >= 0.6 is 0 Å². The average Bonchev–Trinajstić information content (AvgIpc) is 2.76. The molecule has 0 aromatic heterocycles. The van der Waals surface area contributed by atoms with Crippen LogP contribution in [-0.4, -0.2) is 17.4 Å². The zero-order valence-electron chi connectivity index (χ0n) is 20.8. The summed E-state index contributed by atoms with van der Waals surface area (Å²) in [6.45, 7) is 7.77. The quantitative estimate of drug-likeness (QED) is 0.131. The lowest BCUT2D eigenvalue weighted by Crippen LogP contribution is -2.12. The van der Waals surface area contributed by atoms with Crippen molar-refractivity contribution in [3.63, 3.8) is 0 Å². The average molecular weight is 447 g/mol. The van der Waals surface area contributed by atoms with Gasteiger partial charge in [-0.05, 0) is 18.8 Å². The van der Waals surface area contributed by atoms with Crippen LogP contribution in [0.15, 0.2) is 0 Å². The zero-order chi connectivity index (χ0) is 22.1. The summed E-state index contributed by atoms with van der Waals surface area (Å²) in [6, 6.07) is 0. The molecule has 30 heavy (non-hydrogen) atoms. The molecule has 0 rings (SSSR count). The Kier molecular flexibility index (Phi) is 25.4. The van der Waals surface area contributed by atoms with Crippen LogP contribution in [0.25, 0.3) is 0 Å². The van der Waals surface area contributed by atoms with Gasteiger partial charge in [0.05, 0.1) is 13.2 Å². The van der Waals surface area contributed by atoms with Crippen LogP contribution in [0.4, 0.5) is 0 Å². The van der Waals surface area contributed by atoms with Crippen molar-refractivity contribution in [3.05, 3.63) is 0 Å². The summed E-state index contributed by atoms with van der Waals surface area (Å²) in [6.07, 6.45) is 26.4. The van der Waals surface area contributed by atoms with Gasteiger partial charge in [-0.3, -0.25) is 8.37 Å². The summed E-state index contributed by atoms with van der Waals surface area (Å²) in [4.78, 5) is 0. The second-order valence-corrected chi connectivity index (χ2v) is 9.91. The molecule has 2 unspecified atom stereocenters. The minimum Gasteiger partial charge on any atom is -0.268 e. The predicted octanol–water partition coefficient (Wildman–Crippen LogP) is 9.08. The molecule has 4 heteroatoms. The van der Waals surface area contributed by atoms with Crippen molar-refractivity contribution in [2.45, 2.75) is 149 Å². The molecule has 0 aliphatic carbocycles. The highest BCUT2D eigenvalue weighted by Gasteiger charge is 2.09. The second kappa shape index (κ2) is 25.3. The largest absolute Gasteiger partial charge is 0.304 e. The normalized spacial score (nSPS) is 13.6. The predicted molar refractivity (Wildman–Crippen MR) is 133 cm³/mol. The maximum atomic E-state index is 11.8. The van der Waals surface area contributed by atoms with Crippen LogP contribution in [0.3, 0.4) is 0 Å². The van der Waals surface area contributed by atoms with Crippen molar-refractivity contribution < 1.29 is 12.6 Å². The van der Waals surface area contributed by atoms with E-state index in [9.17, 15) is 4.21 Å². The van der Waals surface area contributed by atoms with E-state index in [1.165, 1.54) is 109 Å². The molecule has 0 N–H and O–H groups in total. The first kappa shape index (κ1) is 30.1. The van der Waals surface area contributed by atoms with E-state index >= 15 is 0 Å². The molecular weight excluding hydrogens is 392 g/mol. The fourth-order valence-corrected chi connectivity index (χ4v) is 4.49. The molecule has 2 atom stereocenters. The topological polar surface area (TPSA) is 35.5 Å². The SMILES string of the molecule is CCCCCCCCCCCCCCCCCCOS(=O)OCC(CC)CCCC. The third kappa shape index (κ3) is 22.7. The van der Waals surface area contributed by atoms with Gasteiger partial charge in [-0.15, -0.1) is 0 Å². The molecule has 0 spiro atoms. The van der Waals surface area contributed by atoms with Crippen molar-refractivity contribution in [3.8, 4) is 0 Å². The van der Waals surface area contributed by atoms with E-state index in [2.05, 4.69) is 20.8 Å². The van der Waals surface area contributed by atoms with Gasteiger partial charge in [-0.25, -0.2) is 0 Å². The highest BCUT2D eigenvalue weighted by atomic mass is 32.2. The first-order valence-electron chi connectivity index (χ1n) is 13.4. The molecule has 0 saturated carbocycles. The summed E-state index contributed by atoms with van der Waals surface area (Å²) in [5.41, 5.74) is 0. The molecule has 0 aromatic carbocycles. The Bertz CT molecular complexity index is 349. The van der Waals surface area contributed by atoms with Crippen LogP contribution in [-0.2, 0) is 19.7 Å². The van der Waals surface area contributed by atoms with E-state index in [-0.39, 0.29) is 0 Å². The zero-order valence-corrected chi connectivity index (χ0v) is 21.6. The molecule has 0 amide bonds. The standard InChI is InChI=1S/C26H54O3S/c1-4-7-9-10-11-12-13-14-15-16-17-18-19-20-21-22-24-28-30(27)29-25-26(6-3)23-8-5-2/h26H,4-25H2,1-3H3. The molecule has 0 aliphatic heterocycles. The van der Waals surface area contributed by atoms with E-state index in [1.54, 1.807) is 0 Å². The third-order valence-corrected chi connectivity index (χ3v) is 6.81. The molecule has 0 fully saturated rings. The van der Waals surface area contributed by atoms with Gasteiger partial charge in [-0.2, -0.15) is 4.21 Å². The number of unbranched alkanes of at least 4 members (excludes halogenated alkanes) is 16. The van der Waals surface area contributed by atoms with Crippen molar-refractivity contribution in [1.29, 1.82) is 0 Å². The Labute approximate surface area is 192 Å². The van der Waals surface area contributed by atoms with Gasteiger partial charge in [0.25, 0.3) is 0 Å². The Morgan fingerprint density at radius 2 is 1.00 bits per heavy atom. The monoisotopic (exact) mass is 446 g/mol. The fraction of sp³-hybridized carbons (Fsp3) is 1.00. The third-order valence-electron chi connectivity index (χ3n) is 6.12. The molecule has 0 saturated heterocycles. The summed E-state index contributed by atoms with van der Waals surface area (Å²) < 4.78 is 22.4. The van der Waals surface area contributed by atoms with E-state index in [4.69, 9.17) is 8.37 Å². The molecule has 0 bridgehead atoms. The first-order valence-corrected chi connectivity index (χ1v) is 14.4. The van der Waals surface area contributed by atoms with Crippen LogP contribution in [0.2, 0.25) is 0 Å². The van der Waals surface area contributed by atoms with Crippen molar-refractivity contribution in [1.82, 2.24) is 0 Å². The van der Waals surface area contributed by atoms with E-state index in [1.807, 2.05) is 0 Å². The highest BCUT2D eigenvalue weighted by Crippen LogP contribution is 2.15. The van der Waals surface area contributed by atoms with Crippen molar-refractivity contribution >= 4 is 11.4 Å². The van der Waals surface area contributed by atoms with E-state index in [0.717, 1.165) is 19.3 Å². The first-order chi connectivity index (χ1) is 14.7. The Hall–Kier alpha value is 0.0700. The Morgan fingerprint density at radius 3 is 1.43 bits per heavy atom. The molecule has 0 radical (unpaired) electrons. The van der Waals surface area contributed by atoms with Gasteiger partial charge < -0.3 is 0 Å². The number of rotatable bonds is 25. The van der Waals surface area contributed by atoms with Crippen LogP contribution in [0.5, 0.6) is 0 Å². The maximum absolute atomic E-state index is 11.8. The number of hydrogen-bond acceptors (Lipinski definition) is 3. The lowest BCUT2D eigenvalue weighted by atomic mass is 10.0. The second-order valence-electron chi connectivity index (χ2n) is 9.03. The summed E-state index contributed by atoms with van der Waals surface area (Å²) >= 11 is -1.57. The number of hydrogen-bond donors (Lipinski definition) is 0. The minimum atomic E-state index is -1.57. The molecule has 3 nitrogen and oxygen atoms in total. The summed E-state index contributed by atoms with van der Waals surface area (Å²) in [5, 5.41) is 0. The molecule has 0 aliphatic rings. The lowest BCUT2D eigenvalue weighted by molar-refractivity contribution is 0.205. The van der Waals surface area contributed by atoms with Crippen molar-refractivity contribution in [2.75, 3.05) is 13.2 Å². The van der Waals surface area contributed by atoms with Crippen LogP contribution < -0.4 is 0 Å². The molecular formula is C26H54O3S. The van der Waals surface area contributed by atoms with Gasteiger partial charge >= 0.3 is 11.4 Å². The maximum Gasteiger partial charge on any atom is 0.304 e. The van der Waals surface area contributed by atoms with Gasteiger partial charge in [0.1, 0.15) is 0 Å². The van der Waals surface area contributed by atoms with Gasteiger partial charge in [0.2, 0.25) is 0 Å². The fourth-order valence-electron chi connectivity index (χ4n) is 3.86. The van der Waals surface area contributed by atoms with Gasteiger partial charge in [0.15, 0.2) is 0 Å². The minimum absolute atomic E-state index is 0.507.